The fourth-order valence-electron chi connectivity index (χ4n) is 8.85. The van der Waals surface area contributed by atoms with E-state index in [0.29, 0.717) is 35.5 Å². The van der Waals surface area contributed by atoms with Crippen LogP contribution in [-0.4, -0.2) is 53.3 Å². The number of primary amides is 1. The van der Waals surface area contributed by atoms with Gasteiger partial charge in [-0.1, -0.05) is 12.8 Å². The molecule has 8 N–H and O–H groups in total. The summed E-state index contributed by atoms with van der Waals surface area (Å²) in [6.45, 7) is 0.923. The second-order valence-corrected chi connectivity index (χ2v) is 12.8. The molecule has 8 atom stereocenters. The second-order valence-electron chi connectivity index (χ2n) is 12.8. The molecule has 0 aromatic rings. The highest BCUT2D eigenvalue weighted by atomic mass is 16.2. The van der Waals surface area contributed by atoms with Crippen LogP contribution in [0.1, 0.15) is 89.9 Å². The van der Waals surface area contributed by atoms with Gasteiger partial charge in [0.2, 0.25) is 11.8 Å². The van der Waals surface area contributed by atoms with E-state index in [1.54, 1.807) is 0 Å². The van der Waals surface area contributed by atoms with Crippen LogP contribution < -0.4 is 22.5 Å². The van der Waals surface area contributed by atoms with Crippen LogP contribution in [0.4, 0.5) is 0 Å². The number of likely N-dealkylation sites (tertiary alicyclic amines) is 1. The van der Waals surface area contributed by atoms with Crippen LogP contribution in [0.5, 0.6) is 0 Å². The molecular weight excluding hydrogens is 452 g/mol. The zero-order chi connectivity index (χ0) is 25.4. The zero-order valence-electron chi connectivity index (χ0n) is 21.9. The monoisotopic (exact) mass is 500 g/mol. The third kappa shape index (κ3) is 5.31. The van der Waals surface area contributed by atoms with Gasteiger partial charge in [-0.3, -0.25) is 19.9 Å². The summed E-state index contributed by atoms with van der Waals surface area (Å²) in [6.07, 6.45) is 14.4. The minimum atomic E-state index is -0.118. The van der Waals surface area contributed by atoms with Gasteiger partial charge in [-0.05, 0) is 101 Å². The highest BCUT2D eigenvalue weighted by Crippen LogP contribution is 2.49. The van der Waals surface area contributed by atoms with Crippen LogP contribution in [0.15, 0.2) is 0 Å². The molecule has 202 valence electrons. The molecule has 8 unspecified atom stereocenters. The summed E-state index contributed by atoms with van der Waals surface area (Å²) >= 11 is 0. The third-order valence-electron chi connectivity index (χ3n) is 10.8. The smallest absolute Gasteiger partial charge is 0.237 e. The van der Waals surface area contributed by atoms with Crippen molar-refractivity contribution in [3.8, 4) is 0 Å². The van der Waals surface area contributed by atoms with Gasteiger partial charge < -0.3 is 22.5 Å². The molecule has 1 aliphatic heterocycles. The molecule has 2 amide bonds. The highest BCUT2D eigenvalue weighted by Gasteiger charge is 2.50. The molecular formula is C28H48N6O2. The Morgan fingerprint density at radius 3 is 2.28 bits per heavy atom. The number of rotatable bonds is 6. The van der Waals surface area contributed by atoms with Gasteiger partial charge in [0, 0.05) is 36.5 Å². The van der Waals surface area contributed by atoms with Gasteiger partial charge in [-0.15, -0.1) is 0 Å². The van der Waals surface area contributed by atoms with Crippen molar-refractivity contribution in [2.75, 3.05) is 6.54 Å². The molecule has 4 aliphatic carbocycles. The molecule has 0 spiro atoms. The van der Waals surface area contributed by atoms with Gasteiger partial charge in [0.05, 0.1) is 11.9 Å². The zero-order valence-corrected chi connectivity index (χ0v) is 21.9. The number of hydrogen-bond acceptors (Lipinski definition) is 5. The number of carbonyl (C=O) groups excluding carboxylic acids is 2. The molecule has 5 rings (SSSR count). The van der Waals surface area contributed by atoms with E-state index >= 15 is 0 Å². The number of carbonyl (C=O) groups is 2. The first-order valence-electron chi connectivity index (χ1n) is 14.8. The van der Waals surface area contributed by atoms with E-state index in [0.717, 1.165) is 77.2 Å². The summed E-state index contributed by atoms with van der Waals surface area (Å²) < 4.78 is 0. The van der Waals surface area contributed by atoms with Gasteiger partial charge in [0.15, 0.2) is 0 Å². The average molecular weight is 501 g/mol. The Balaban J connectivity index is 1.33. The van der Waals surface area contributed by atoms with Crippen molar-refractivity contribution in [2.45, 2.75) is 114 Å². The van der Waals surface area contributed by atoms with Crippen LogP contribution in [0.2, 0.25) is 0 Å². The maximum atomic E-state index is 13.7. The summed E-state index contributed by atoms with van der Waals surface area (Å²) in [7, 11) is 0. The lowest BCUT2D eigenvalue weighted by atomic mass is 9.60. The lowest BCUT2D eigenvalue weighted by Crippen LogP contribution is -2.54. The molecule has 5 fully saturated rings. The number of amidine groups is 1. The first-order chi connectivity index (χ1) is 17.3. The van der Waals surface area contributed by atoms with E-state index in [1.165, 1.54) is 19.3 Å². The number of nitrogens with zero attached hydrogens (tertiary/aromatic N) is 1. The predicted molar refractivity (Wildman–Crippen MR) is 141 cm³/mol. The van der Waals surface area contributed by atoms with Gasteiger partial charge in [0.1, 0.15) is 0 Å². The maximum absolute atomic E-state index is 13.7. The third-order valence-corrected chi connectivity index (χ3v) is 10.8. The van der Waals surface area contributed by atoms with E-state index in [4.69, 9.17) is 22.6 Å². The first-order valence-corrected chi connectivity index (χ1v) is 14.8. The fraction of sp³-hybridized carbons (Fsp3) is 0.893. The molecule has 5 aliphatic rings. The molecule has 1 heterocycles. The summed E-state index contributed by atoms with van der Waals surface area (Å²) in [6, 6.07) is 0.725. The van der Waals surface area contributed by atoms with Crippen molar-refractivity contribution < 1.29 is 9.59 Å². The number of nitrogens with one attached hydrogen (secondary N) is 2. The standard InChI is InChI=1S/C28H48N6O2/c29-19-8-10-20(11-9-19)33-28(36)25-13-16-5-6-17(26(30)31)14-24(16)34(25)15-18-7-12-23(27(32)35)22-4-2-1-3-21(18)22/h16-25H,1-15,29H2,(H3,30,31)(H2,32,35)(H,33,36). The second kappa shape index (κ2) is 11.0. The largest absolute Gasteiger partial charge is 0.387 e. The molecule has 0 radical (unpaired) electrons. The van der Waals surface area contributed by atoms with Crippen LogP contribution in [0, 0.1) is 40.9 Å². The van der Waals surface area contributed by atoms with E-state index in [2.05, 4.69) is 10.2 Å². The summed E-state index contributed by atoms with van der Waals surface area (Å²) in [5.74, 6) is 2.46. The van der Waals surface area contributed by atoms with Crippen LogP contribution in [-0.2, 0) is 9.59 Å². The fourth-order valence-corrected chi connectivity index (χ4v) is 8.85. The topological polar surface area (TPSA) is 151 Å². The van der Waals surface area contributed by atoms with E-state index < -0.39 is 0 Å². The lowest BCUT2D eigenvalue weighted by Gasteiger charge is -2.47. The van der Waals surface area contributed by atoms with Gasteiger partial charge >= 0.3 is 0 Å². The number of hydrogen-bond donors (Lipinski definition) is 5. The summed E-state index contributed by atoms with van der Waals surface area (Å²) in [5.41, 5.74) is 17.9. The van der Waals surface area contributed by atoms with Gasteiger partial charge in [-0.2, -0.15) is 0 Å². The van der Waals surface area contributed by atoms with Crippen molar-refractivity contribution in [2.24, 2.45) is 52.7 Å². The molecule has 0 bridgehead atoms. The Kier molecular flexibility index (Phi) is 7.92. The van der Waals surface area contributed by atoms with Gasteiger partial charge in [0.25, 0.3) is 0 Å². The molecule has 1 saturated heterocycles. The molecule has 4 saturated carbocycles. The minimum Gasteiger partial charge on any atom is -0.387 e. The highest BCUT2D eigenvalue weighted by molar-refractivity contribution is 5.83. The predicted octanol–water partition coefficient (Wildman–Crippen LogP) is 2.49. The molecule has 36 heavy (non-hydrogen) atoms. The van der Waals surface area contributed by atoms with Crippen molar-refractivity contribution >= 4 is 17.6 Å². The minimum absolute atomic E-state index is 0.0198. The van der Waals surface area contributed by atoms with Crippen LogP contribution >= 0.6 is 0 Å². The van der Waals surface area contributed by atoms with Gasteiger partial charge in [-0.25, -0.2) is 0 Å². The number of amides is 2. The molecule has 8 nitrogen and oxygen atoms in total. The normalized spacial score (nSPS) is 43.2. The quantitative estimate of drug-likeness (QED) is 0.280. The Morgan fingerprint density at radius 1 is 0.861 bits per heavy atom. The lowest BCUT2D eigenvalue weighted by molar-refractivity contribution is -0.128. The summed E-state index contributed by atoms with van der Waals surface area (Å²) in [5, 5.41) is 11.5. The maximum Gasteiger partial charge on any atom is 0.237 e. The van der Waals surface area contributed by atoms with Crippen molar-refractivity contribution in [3.63, 3.8) is 0 Å². The number of nitrogens with two attached hydrogens (primary N) is 3. The molecule has 0 aromatic carbocycles. The Labute approximate surface area is 216 Å². The SMILES string of the molecule is N=C(N)C1CCC2CC(C(=O)NC3CCC(N)CC3)N(CC3CCC(C(N)=O)C4CCCCC34)C2C1. The van der Waals surface area contributed by atoms with Crippen molar-refractivity contribution in [1.29, 1.82) is 5.41 Å². The summed E-state index contributed by atoms with van der Waals surface area (Å²) in [4.78, 5) is 28.5. The van der Waals surface area contributed by atoms with E-state index in [-0.39, 0.29) is 41.8 Å². The average Bonchev–Trinajstić information content (AvgIpc) is 3.23. The van der Waals surface area contributed by atoms with Crippen molar-refractivity contribution in [1.82, 2.24) is 10.2 Å². The first kappa shape index (κ1) is 26.0. The van der Waals surface area contributed by atoms with Crippen LogP contribution in [0.25, 0.3) is 0 Å². The van der Waals surface area contributed by atoms with E-state index in [9.17, 15) is 9.59 Å². The van der Waals surface area contributed by atoms with Crippen LogP contribution in [0.3, 0.4) is 0 Å². The molecule has 0 aromatic heterocycles. The Bertz CT molecular complexity index is 827. The molecule has 8 heteroatoms. The Hall–Kier alpha value is -1.67. The van der Waals surface area contributed by atoms with Crippen molar-refractivity contribution in [3.05, 3.63) is 0 Å². The van der Waals surface area contributed by atoms with E-state index in [1.807, 2.05) is 0 Å². The Morgan fingerprint density at radius 2 is 1.58 bits per heavy atom. The number of fused-ring (bicyclic) bond motifs is 2.